The number of imide groups is 1. The van der Waals surface area contributed by atoms with Gasteiger partial charge < -0.3 is 0 Å². The highest BCUT2D eigenvalue weighted by molar-refractivity contribution is 7.10. The monoisotopic (exact) mass is 487 g/mol. The largest absolute Gasteiger partial charge is 0.416 e. The van der Waals surface area contributed by atoms with Gasteiger partial charge >= 0.3 is 6.18 Å². The third-order valence-electron chi connectivity index (χ3n) is 5.75. The van der Waals surface area contributed by atoms with Crippen molar-refractivity contribution in [3.8, 4) is 0 Å². The number of nitro benzene ring substituents is 1. The zero-order valence-corrected chi connectivity index (χ0v) is 17.7. The Morgan fingerprint density at radius 3 is 2.29 bits per heavy atom. The summed E-state index contributed by atoms with van der Waals surface area (Å²) in [5.41, 5.74) is -2.17. The van der Waals surface area contributed by atoms with Crippen molar-refractivity contribution in [3.63, 3.8) is 0 Å². The Hall–Kier alpha value is -4.06. The molecule has 0 unspecified atom stereocenters. The van der Waals surface area contributed by atoms with E-state index in [1.165, 1.54) is 29.5 Å². The summed E-state index contributed by atoms with van der Waals surface area (Å²) < 4.78 is 39.7. The molecule has 1 aromatic heterocycles. The number of hydrogen-bond acceptors (Lipinski definition) is 6. The van der Waals surface area contributed by atoms with Gasteiger partial charge in [0.1, 0.15) is 17.6 Å². The molecular weight excluding hydrogens is 475 g/mol. The molecule has 0 radical (unpaired) electrons. The van der Waals surface area contributed by atoms with E-state index in [1.54, 1.807) is 17.5 Å². The number of halogens is 3. The number of carbonyl (C=O) groups excluding carboxylic acids is 3. The predicted molar refractivity (Wildman–Crippen MR) is 113 cm³/mol. The van der Waals surface area contributed by atoms with Crippen LogP contribution < -0.4 is 4.90 Å². The number of alkyl halides is 3. The lowest BCUT2D eigenvalue weighted by Gasteiger charge is -2.49. The minimum atomic E-state index is -4.64. The topological polar surface area (TPSA) is 101 Å². The van der Waals surface area contributed by atoms with Crippen LogP contribution in [0.25, 0.3) is 0 Å². The highest BCUT2D eigenvalue weighted by Crippen LogP contribution is 2.47. The Labute approximate surface area is 193 Å². The van der Waals surface area contributed by atoms with Crippen LogP contribution in [-0.4, -0.2) is 33.6 Å². The third-order valence-corrected chi connectivity index (χ3v) is 6.70. The summed E-state index contributed by atoms with van der Waals surface area (Å²) in [7, 11) is 0. The Balaban J connectivity index is 1.58. The fourth-order valence-corrected chi connectivity index (χ4v) is 5.12. The van der Waals surface area contributed by atoms with Gasteiger partial charge in [0.25, 0.3) is 23.4 Å². The van der Waals surface area contributed by atoms with E-state index in [4.69, 9.17) is 0 Å². The quantitative estimate of drug-likeness (QED) is 0.235. The molecule has 2 aliphatic rings. The van der Waals surface area contributed by atoms with Crippen LogP contribution in [0, 0.1) is 10.1 Å². The summed E-state index contributed by atoms with van der Waals surface area (Å²) in [6.45, 7) is 0. The number of hydrogen-bond donors (Lipinski definition) is 0. The molecule has 2 aliphatic heterocycles. The molecule has 2 aromatic carbocycles. The number of β-lactam (4-membered cyclic amide) rings is 1. The number of anilines is 1. The lowest BCUT2D eigenvalue weighted by molar-refractivity contribution is -0.385. The molecule has 5 rings (SSSR count). The average Bonchev–Trinajstić information content (AvgIpc) is 3.40. The molecule has 172 valence electrons. The molecule has 0 bridgehead atoms. The van der Waals surface area contributed by atoms with Crippen molar-refractivity contribution in [2.75, 3.05) is 4.90 Å². The summed E-state index contributed by atoms with van der Waals surface area (Å²) in [5.74, 6) is -2.63. The molecular formula is C22H12F3N3O5S. The van der Waals surface area contributed by atoms with Crippen molar-refractivity contribution in [1.29, 1.82) is 0 Å². The molecule has 1 saturated heterocycles. The van der Waals surface area contributed by atoms with E-state index in [0.717, 1.165) is 29.2 Å². The molecule has 0 saturated carbocycles. The molecule has 3 heterocycles. The van der Waals surface area contributed by atoms with Crippen LogP contribution in [-0.2, 0) is 11.0 Å². The highest BCUT2D eigenvalue weighted by atomic mass is 32.1. The molecule has 1 fully saturated rings. The average molecular weight is 487 g/mol. The molecule has 0 aliphatic carbocycles. The molecule has 2 atom stereocenters. The van der Waals surface area contributed by atoms with Crippen LogP contribution in [0.15, 0.2) is 60.0 Å². The van der Waals surface area contributed by atoms with Crippen LogP contribution in [0.2, 0.25) is 0 Å². The van der Waals surface area contributed by atoms with E-state index in [-0.39, 0.29) is 11.3 Å². The van der Waals surface area contributed by atoms with E-state index < -0.39 is 57.7 Å². The van der Waals surface area contributed by atoms with Gasteiger partial charge in [-0.1, -0.05) is 18.2 Å². The van der Waals surface area contributed by atoms with Crippen molar-refractivity contribution >= 4 is 40.4 Å². The summed E-state index contributed by atoms with van der Waals surface area (Å²) in [4.78, 5) is 52.4. The van der Waals surface area contributed by atoms with E-state index >= 15 is 0 Å². The maximum absolute atomic E-state index is 13.2. The number of fused-ring (bicyclic) bond motifs is 1. The van der Waals surface area contributed by atoms with Crippen molar-refractivity contribution < 1.29 is 32.5 Å². The first-order chi connectivity index (χ1) is 16.1. The third kappa shape index (κ3) is 3.10. The zero-order valence-electron chi connectivity index (χ0n) is 16.9. The summed E-state index contributed by atoms with van der Waals surface area (Å²) in [6.07, 6.45) is -4.64. The van der Waals surface area contributed by atoms with Crippen LogP contribution in [0.3, 0.4) is 0 Å². The molecule has 8 nitrogen and oxygen atoms in total. The van der Waals surface area contributed by atoms with Gasteiger partial charge in [-0.3, -0.25) is 34.3 Å². The number of amides is 3. The van der Waals surface area contributed by atoms with Gasteiger partial charge in [-0.2, -0.15) is 13.2 Å². The second-order valence-electron chi connectivity index (χ2n) is 7.60. The van der Waals surface area contributed by atoms with Crippen molar-refractivity contribution in [1.82, 2.24) is 4.90 Å². The summed E-state index contributed by atoms with van der Waals surface area (Å²) in [6, 6.07) is 8.78. The van der Waals surface area contributed by atoms with Crippen molar-refractivity contribution in [2.45, 2.75) is 18.3 Å². The predicted octanol–water partition coefficient (Wildman–Crippen LogP) is 4.43. The van der Waals surface area contributed by atoms with Crippen LogP contribution >= 0.6 is 11.3 Å². The fourth-order valence-electron chi connectivity index (χ4n) is 4.28. The van der Waals surface area contributed by atoms with E-state index in [2.05, 4.69) is 0 Å². The first kappa shape index (κ1) is 21.8. The Bertz CT molecular complexity index is 1370. The number of carbonyl (C=O) groups is 3. The standard InChI is InChI=1S/C22H12F3N3O5S/c23-22(24,25)11-4-1-5-12(10-11)26-17(15-8-3-9-34-15)18(21(26)31)27-19(29)13-6-2-7-14(28(32)33)16(13)20(27)30/h1-10,17-18H/t17-,18+/m1/s1. The number of thiophene rings is 1. The van der Waals surface area contributed by atoms with Gasteiger partial charge in [-0.25, -0.2) is 0 Å². The molecule has 0 spiro atoms. The minimum absolute atomic E-state index is 0.0444. The van der Waals surface area contributed by atoms with Crippen LogP contribution in [0.5, 0.6) is 0 Å². The van der Waals surface area contributed by atoms with Crippen LogP contribution in [0.1, 0.15) is 37.2 Å². The molecule has 12 heteroatoms. The Morgan fingerprint density at radius 1 is 0.912 bits per heavy atom. The maximum atomic E-state index is 13.2. The molecule has 3 amide bonds. The van der Waals surface area contributed by atoms with Gasteiger partial charge in [-0.05, 0) is 35.7 Å². The second-order valence-corrected chi connectivity index (χ2v) is 8.58. The normalized spacial score (nSPS) is 19.9. The molecule has 0 N–H and O–H groups in total. The second kappa shape index (κ2) is 7.48. The maximum Gasteiger partial charge on any atom is 0.416 e. The van der Waals surface area contributed by atoms with Gasteiger partial charge in [0.15, 0.2) is 0 Å². The van der Waals surface area contributed by atoms with Gasteiger partial charge in [0.2, 0.25) is 0 Å². The number of nitrogens with zero attached hydrogens (tertiary/aromatic N) is 3. The number of benzene rings is 2. The van der Waals surface area contributed by atoms with Gasteiger partial charge in [0, 0.05) is 16.6 Å². The number of nitro groups is 1. The fraction of sp³-hybridized carbons (Fsp3) is 0.136. The summed E-state index contributed by atoms with van der Waals surface area (Å²) >= 11 is 1.20. The number of rotatable bonds is 4. The molecule has 3 aromatic rings. The Kier molecular flexibility index (Phi) is 4.79. The van der Waals surface area contributed by atoms with Gasteiger partial charge in [-0.15, -0.1) is 11.3 Å². The first-order valence-corrected chi connectivity index (χ1v) is 10.7. The van der Waals surface area contributed by atoms with Crippen molar-refractivity contribution in [3.05, 3.63) is 91.7 Å². The molecule has 34 heavy (non-hydrogen) atoms. The van der Waals surface area contributed by atoms with E-state index in [9.17, 15) is 37.7 Å². The zero-order chi connectivity index (χ0) is 24.4. The van der Waals surface area contributed by atoms with Gasteiger partial charge in [0.05, 0.1) is 16.1 Å². The van der Waals surface area contributed by atoms with Crippen molar-refractivity contribution in [2.24, 2.45) is 0 Å². The first-order valence-electron chi connectivity index (χ1n) is 9.80. The minimum Gasteiger partial charge on any atom is -0.300 e. The lowest BCUT2D eigenvalue weighted by atomic mass is 9.90. The SMILES string of the molecule is O=C1c2cccc([N+](=O)[O-])c2C(=O)N1[C@@H]1C(=O)N(c2cccc(C(F)(F)F)c2)[C@@H]1c1cccs1. The lowest BCUT2D eigenvalue weighted by Crippen LogP contribution is -2.67. The van der Waals surface area contributed by atoms with E-state index in [1.807, 2.05) is 0 Å². The Morgan fingerprint density at radius 2 is 1.65 bits per heavy atom. The van der Waals surface area contributed by atoms with E-state index in [0.29, 0.717) is 9.78 Å². The highest BCUT2D eigenvalue weighted by Gasteiger charge is 2.58. The van der Waals surface area contributed by atoms with Crippen LogP contribution in [0.4, 0.5) is 24.5 Å². The smallest absolute Gasteiger partial charge is 0.300 e. The summed E-state index contributed by atoms with van der Waals surface area (Å²) in [5, 5.41) is 13.1.